The van der Waals surface area contributed by atoms with Gasteiger partial charge in [0.1, 0.15) is 0 Å². The van der Waals surface area contributed by atoms with Gasteiger partial charge in [0.15, 0.2) is 0 Å². The molecule has 3 heteroatoms. The second-order valence-electron chi connectivity index (χ2n) is 7.19. The predicted octanol–water partition coefficient (Wildman–Crippen LogP) is 2.80. The van der Waals surface area contributed by atoms with Crippen molar-refractivity contribution >= 4 is 5.91 Å². The Hall–Kier alpha value is -0.570. The lowest BCUT2D eigenvalue weighted by molar-refractivity contribution is -0.134. The van der Waals surface area contributed by atoms with Crippen molar-refractivity contribution in [1.82, 2.24) is 10.2 Å². The highest BCUT2D eigenvalue weighted by Crippen LogP contribution is 2.58. The van der Waals surface area contributed by atoms with Gasteiger partial charge in [-0.05, 0) is 63.3 Å². The molecule has 3 aliphatic carbocycles. The van der Waals surface area contributed by atoms with E-state index in [2.05, 4.69) is 24.2 Å². The number of carbonyl (C=O) groups is 1. The quantitative estimate of drug-likeness (QED) is 0.838. The molecule has 3 fully saturated rings. The summed E-state index contributed by atoms with van der Waals surface area (Å²) in [5.74, 6) is 2.38. The predicted molar refractivity (Wildman–Crippen MR) is 81.4 cm³/mol. The minimum absolute atomic E-state index is 0.407. The summed E-state index contributed by atoms with van der Waals surface area (Å²) in [6.07, 6.45) is 10.0. The molecule has 0 aromatic rings. The first kappa shape index (κ1) is 14.4. The number of rotatable bonds is 5. The molecule has 2 atom stereocenters. The Kier molecular flexibility index (Phi) is 4.34. The van der Waals surface area contributed by atoms with E-state index in [4.69, 9.17) is 0 Å². The van der Waals surface area contributed by atoms with Gasteiger partial charge in [0.25, 0.3) is 0 Å². The first-order valence-electron chi connectivity index (χ1n) is 8.72. The summed E-state index contributed by atoms with van der Waals surface area (Å²) in [6.45, 7) is 3.35. The van der Waals surface area contributed by atoms with Crippen LogP contribution in [0.5, 0.6) is 0 Å². The summed E-state index contributed by atoms with van der Waals surface area (Å²) in [4.78, 5) is 14.7. The summed E-state index contributed by atoms with van der Waals surface area (Å²) in [6, 6.07) is 1.19. The fourth-order valence-electron chi connectivity index (χ4n) is 4.62. The molecule has 20 heavy (non-hydrogen) atoms. The molecule has 1 amide bonds. The molecule has 3 nitrogen and oxygen atoms in total. The lowest BCUT2D eigenvalue weighted by Crippen LogP contribution is -2.44. The lowest BCUT2D eigenvalue weighted by Gasteiger charge is -2.35. The van der Waals surface area contributed by atoms with Crippen molar-refractivity contribution < 1.29 is 4.79 Å². The number of nitrogens with zero attached hydrogens (tertiary/aromatic N) is 1. The summed E-state index contributed by atoms with van der Waals surface area (Å²) < 4.78 is 0. The molecule has 0 aromatic heterocycles. The van der Waals surface area contributed by atoms with E-state index in [9.17, 15) is 4.79 Å². The second-order valence-corrected chi connectivity index (χ2v) is 7.19. The summed E-state index contributed by atoms with van der Waals surface area (Å²) in [5, 5.41) is 3.62. The second kappa shape index (κ2) is 6.05. The van der Waals surface area contributed by atoms with Gasteiger partial charge in [-0.15, -0.1) is 0 Å². The number of hydrogen-bond acceptors (Lipinski definition) is 2. The van der Waals surface area contributed by atoms with Crippen molar-refractivity contribution in [2.75, 3.05) is 13.6 Å². The van der Waals surface area contributed by atoms with Crippen LogP contribution in [0, 0.1) is 17.8 Å². The molecule has 0 heterocycles. The van der Waals surface area contributed by atoms with Crippen LogP contribution >= 0.6 is 0 Å². The number of fused-ring (bicyclic) bond motifs is 1. The Labute approximate surface area is 123 Å². The average Bonchev–Trinajstić information content (AvgIpc) is 2.96. The van der Waals surface area contributed by atoms with E-state index in [1.807, 2.05) is 0 Å². The zero-order valence-electron chi connectivity index (χ0n) is 13.1. The molecule has 0 saturated heterocycles. The van der Waals surface area contributed by atoms with E-state index in [-0.39, 0.29) is 0 Å². The van der Waals surface area contributed by atoms with Crippen LogP contribution in [0.3, 0.4) is 0 Å². The molecule has 0 bridgehead atoms. The number of amides is 1. The zero-order chi connectivity index (χ0) is 14.1. The van der Waals surface area contributed by atoms with Gasteiger partial charge in [0.2, 0.25) is 5.91 Å². The van der Waals surface area contributed by atoms with Crippen molar-refractivity contribution in [3.8, 4) is 0 Å². The fraction of sp³-hybridized carbons (Fsp3) is 0.941. The largest absolute Gasteiger partial charge is 0.343 e. The topological polar surface area (TPSA) is 32.3 Å². The highest BCUT2D eigenvalue weighted by atomic mass is 16.2. The Bertz CT molecular complexity index is 339. The highest BCUT2D eigenvalue weighted by molar-refractivity contribution is 5.82. The van der Waals surface area contributed by atoms with E-state index < -0.39 is 0 Å². The number of carbonyl (C=O) groups excluding carboxylic acids is 1. The minimum Gasteiger partial charge on any atom is -0.343 e. The maximum atomic E-state index is 12.6. The Balaban J connectivity index is 1.44. The minimum atomic E-state index is 0.407. The average molecular weight is 278 g/mol. The van der Waals surface area contributed by atoms with Crippen LogP contribution in [-0.4, -0.2) is 36.5 Å². The van der Waals surface area contributed by atoms with Gasteiger partial charge in [-0.25, -0.2) is 0 Å². The van der Waals surface area contributed by atoms with Crippen molar-refractivity contribution in [2.45, 2.75) is 70.4 Å². The molecule has 3 rings (SSSR count). The molecule has 114 valence electrons. The van der Waals surface area contributed by atoms with Crippen LogP contribution in [0.4, 0.5) is 0 Å². The van der Waals surface area contributed by atoms with Crippen LogP contribution in [0.25, 0.3) is 0 Å². The van der Waals surface area contributed by atoms with E-state index in [0.29, 0.717) is 23.9 Å². The first-order valence-corrected chi connectivity index (χ1v) is 8.72. The van der Waals surface area contributed by atoms with E-state index in [1.165, 1.54) is 51.4 Å². The molecule has 0 aromatic carbocycles. The molecule has 1 N–H and O–H groups in total. The van der Waals surface area contributed by atoms with Crippen molar-refractivity contribution in [3.63, 3.8) is 0 Å². The highest BCUT2D eigenvalue weighted by Gasteiger charge is 2.57. The van der Waals surface area contributed by atoms with Gasteiger partial charge in [0, 0.05) is 25.0 Å². The van der Waals surface area contributed by atoms with E-state index in [0.717, 1.165) is 18.4 Å². The molecule has 2 unspecified atom stereocenters. The first-order chi connectivity index (χ1) is 9.72. The fourth-order valence-corrected chi connectivity index (χ4v) is 4.62. The Morgan fingerprint density at radius 3 is 2.35 bits per heavy atom. The molecule has 3 aliphatic rings. The van der Waals surface area contributed by atoms with E-state index in [1.54, 1.807) is 0 Å². The van der Waals surface area contributed by atoms with Gasteiger partial charge in [-0.1, -0.05) is 13.3 Å². The third-order valence-electron chi connectivity index (χ3n) is 5.97. The Morgan fingerprint density at radius 2 is 1.75 bits per heavy atom. The smallest absolute Gasteiger partial charge is 0.226 e. The van der Waals surface area contributed by atoms with Gasteiger partial charge in [0.05, 0.1) is 0 Å². The lowest BCUT2D eigenvalue weighted by atomic mass is 9.90. The molecular formula is C17H30N2O. The maximum Gasteiger partial charge on any atom is 0.226 e. The zero-order valence-corrected chi connectivity index (χ0v) is 13.1. The monoisotopic (exact) mass is 278 g/mol. The van der Waals surface area contributed by atoms with E-state index >= 15 is 0 Å². The van der Waals surface area contributed by atoms with Gasteiger partial charge in [-0.2, -0.15) is 0 Å². The van der Waals surface area contributed by atoms with Crippen molar-refractivity contribution in [1.29, 1.82) is 0 Å². The molecule has 3 saturated carbocycles. The van der Waals surface area contributed by atoms with Crippen molar-refractivity contribution in [2.24, 2.45) is 17.8 Å². The van der Waals surface area contributed by atoms with Crippen LogP contribution in [-0.2, 0) is 4.79 Å². The van der Waals surface area contributed by atoms with Crippen LogP contribution in [0.1, 0.15) is 58.3 Å². The van der Waals surface area contributed by atoms with Gasteiger partial charge < -0.3 is 10.2 Å². The number of nitrogens with one attached hydrogen (secondary N) is 1. The van der Waals surface area contributed by atoms with Crippen LogP contribution in [0.15, 0.2) is 0 Å². The standard InChI is InChI=1S/C17H30N2O/c1-3-11-18-12-7-9-13(10-8-12)19(2)17(20)16-14-5-4-6-15(14)16/h12-16,18H,3-11H2,1-2H3. The van der Waals surface area contributed by atoms with Crippen LogP contribution in [0.2, 0.25) is 0 Å². The maximum absolute atomic E-state index is 12.6. The third-order valence-corrected chi connectivity index (χ3v) is 5.97. The molecule has 0 spiro atoms. The third kappa shape index (κ3) is 2.74. The normalized spacial score (nSPS) is 39.4. The van der Waals surface area contributed by atoms with Gasteiger partial charge >= 0.3 is 0 Å². The molecule has 0 radical (unpaired) electrons. The Morgan fingerprint density at radius 1 is 1.10 bits per heavy atom. The summed E-state index contributed by atoms with van der Waals surface area (Å²) in [7, 11) is 2.06. The molecular weight excluding hydrogens is 248 g/mol. The molecule has 0 aliphatic heterocycles. The SMILES string of the molecule is CCCNC1CCC(N(C)C(=O)C2C3CCCC32)CC1. The summed E-state index contributed by atoms with van der Waals surface area (Å²) >= 11 is 0. The van der Waals surface area contributed by atoms with Gasteiger partial charge in [-0.3, -0.25) is 4.79 Å². The van der Waals surface area contributed by atoms with Crippen molar-refractivity contribution in [3.05, 3.63) is 0 Å². The number of hydrogen-bond donors (Lipinski definition) is 1. The van der Waals surface area contributed by atoms with Crippen LogP contribution < -0.4 is 5.32 Å². The summed E-state index contributed by atoms with van der Waals surface area (Å²) in [5.41, 5.74) is 0.